The van der Waals surface area contributed by atoms with Gasteiger partial charge in [0.2, 0.25) is 5.95 Å². The van der Waals surface area contributed by atoms with E-state index in [1.807, 2.05) is 18.4 Å². The Morgan fingerprint density at radius 3 is 2.55 bits per heavy atom. The van der Waals surface area contributed by atoms with Gasteiger partial charge in [-0.1, -0.05) is 26.6 Å². The molecule has 4 N–H and O–H groups in total. The van der Waals surface area contributed by atoms with E-state index in [-0.39, 0.29) is 36.2 Å². The third-order valence-corrected chi connectivity index (χ3v) is 8.20. The van der Waals surface area contributed by atoms with Crippen LogP contribution < -0.4 is 10.2 Å². The number of hydrogen-bond acceptors (Lipinski definition) is 8. The fourth-order valence-corrected chi connectivity index (χ4v) is 5.36. The van der Waals surface area contributed by atoms with Gasteiger partial charge in [0.1, 0.15) is 12.4 Å². The van der Waals surface area contributed by atoms with Gasteiger partial charge in [-0.25, -0.2) is 9.78 Å². The fraction of sp³-hybridized carbons (Fsp3) is 0.538. The van der Waals surface area contributed by atoms with Gasteiger partial charge in [-0.15, -0.1) is 11.8 Å². The number of thioether (sulfide) groups is 1. The fourth-order valence-electron chi connectivity index (χ4n) is 3.73. The Morgan fingerprint density at radius 2 is 2.00 bits per heavy atom. The molecule has 0 saturated heterocycles. The van der Waals surface area contributed by atoms with E-state index >= 15 is 0 Å². The Labute approximate surface area is 230 Å². The second-order valence-corrected chi connectivity index (χ2v) is 16.9. The van der Waals surface area contributed by atoms with Crippen molar-refractivity contribution >= 4 is 54.4 Å². The molecule has 38 heavy (non-hydrogen) atoms. The number of carbonyl (C=O) groups is 2. The van der Waals surface area contributed by atoms with E-state index in [2.05, 4.69) is 25.0 Å². The van der Waals surface area contributed by atoms with E-state index in [9.17, 15) is 19.8 Å². The highest BCUT2D eigenvalue weighted by atomic mass is 32.2. The third kappa shape index (κ3) is 8.68. The number of fused-ring (bicyclic) bond motifs is 1. The third-order valence-electron chi connectivity index (χ3n) is 5.49. The summed E-state index contributed by atoms with van der Waals surface area (Å²) in [5.41, 5.74) is 1.73. The smallest absolute Gasteiger partial charge is 0.335 e. The van der Waals surface area contributed by atoms with Crippen molar-refractivity contribution in [1.82, 2.24) is 14.9 Å². The number of hydrogen-bond donors (Lipinski definition) is 4. The molecule has 0 spiro atoms. The Bertz CT molecular complexity index is 1170. The molecule has 0 saturated carbocycles. The number of likely N-dealkylation sites (N-methyl/N-ethyl adjacent to an activating group) is 1. The van der Waals surface area contributed by atoms with Gasteiger partial charge in [-0.2, -0.15) is 0 Å². The Kier molecular flexibility index (Phi) is 12.0. The van der Waals surface area contributed by atoms with Gasteiger partial charge in [0.05, 0.1) is 23.2 Å². The first-order valence-corrected chi connectivity index (χ1v) is 17.5. The zero-order chi connectivity index (χ0) is 28.5. The minimum Gasteiger partial charge on any atom is -0.478 e. The number of carbonyl (C=O) groups excluding carboxylic acids is 1. The number of nitrogens with zero attached hydrogens (tertiary/aromatic N) is 3. The number of anilines is 1. The lowest BCUT2D eigenvalue weighted by molar-refractivity contribution is -0.116. The van der Waals surface area contributed by atoms with Crippen molar-refractivity contribution in [1.29, 1.82) is 5.41 Å². The molecule has 1 amide bonds. The molecule has 0 atom stereocenters. The first kappa shape index (κ1) is 31.5. The summed E-state index contributed by atoms with van der Waals surface area (Å²) in [5, 5.41) is 30.1. The maximum absolute atomic E-state index is 13.9. The van der Waals surface area contributed by atoms with E-state index in [1.165, 1.54) is 28.8 Å². The highest BCUT2D eigenvalue weighted by molar-refractivity contribution is 7.99. The lowest BCUT2D eigenvalue weighted by Gasteiger charge is -2.25. The van der Waals surface area contributed by atoms with Crippen LogP contribution in [0, 0.1) is 5.41 Å². The van der Waals surface area contributed by atoms with Gasteiger partial charge < -0.3 is 30.2 Å². The maximum atomic E-state index is 13.9. The molecule has 10 nitrogen and oxygen atoms in total. The Hall–Kier alpha value is -2.67. The largest absolute Gasteiger partial charge is 0.478 e. The summed E-state index contributed by atoms with van der Waals surface area (Å²) in [5.74, 6) is -0.730. The molecule has 0 fully saturated rings. The number of amides is 1. The number of allylic oxidation sites excluding steroid dienone is 1. The van der Waals surface area contributed by atoms with Crippen LogP contribution in [0.4, 0.5) is 5.95 Å². The number of imidazole rings is 1. The molecule has 0 unspecified atom stereocenters. The van der Waals surface area contributed by atoms with Gasteiger partial charge >= 0.3 is 5.97 Å². The number of carboxylic acid groups (broad SMARTS) is 1. The lowest BCUT2D eigenvalue weighted by atomic mass is 10.2. The van der Waals surface area contributed by atoms with Crippen LogP contribution in [0.2, 0.25) is 25.7 Å². The summed E-state index contributed by atoms with van der Waals surface area (Å²) < 4.78 is 7.93. The predicted molar refractivity (Wildman–Crippen MR) is 156 cm³/mol. The summed E-state index contributed by atoms with van der Waals surface area (Å²) in [7, 11) is -1.36. The predicted octanol–water partition coefficient (Wildman–Crippen LogP) is 4.41. The van der Waals surface area contributed by atoms with E-state index in [4.69, 9.17) is 15.1 Å². The SMILES string of the molecule is CCCn1c(N(COCC[Si](C)(C)C)C(=O)/C(=C/C(C)=N)NCC)nc2cc(C(=O)O)cc(SCCO)c21. The molecule has 12 heteroatoms. The zero-order valence-corrected chi connectivity index (χ0v) is 25.1. The highest BCUT2D eigenvalue weighted by Gasteiger charge is 2.28. The van der Waals surface area contributed by atoms with Crippen LogP contribution in [-0.4, -0.2) is 77.7 Å². The molecule has 0 aliphatic rings. The van der Waals surface area contributed by atoms with E-state index in [1.54, 1.807) is 13.0 Å². The number of nitrogens with one attached hydrogen (secondary N) is 2. The van der Waals surface area contributed by atoms with E-state index in [0.717, 1.165) is 12.5 Å². The van der Waals surface area contributed by atoms with Gasteiger partial charge in [0.15, 0.2) is 0 Å². The standard InChI is InChI=1S/C26H41N5O5SSi/c1-7-9-30-23-20(15-19(25(34)35)16-22(23)37-12-10-32)29-26(30)31(17-36-11-13-38(4,5)6)24(33)21(28-8-2)14-18(3)27/h14-16,27-28,32H,7-13,17H2,1-6H3,(H,34,35)/b21-14-,27-18?. The number of aliphatic hydroxyl groups excluding tert-OH is 1. The molecule has 1 heterocycles. The summed E-state index contributed by atoms with van der Waals surface area (Å²) in [6, 6.07) is 4.02. The molecule has 0 bridgehead atoms. The van der Waals surface area contributed by atoms with Crippen LogP contribution in [0.5, 0.6) is 0 Å². The minimum atomic E-state index is -1.36. The van der Waals surface area contributed by atoms with Crippen LogP contribution in [-0.2, 0) is 16.1 Å². The number of aliphatic hydroxyl groups is 1. The average Bonchev–Trinajstić information content (AvgIpc) is 3.19. The maximum Gasteiger partial charge on any atom is 0.335 e. The summed E-state index contributed by atoms with van der Waals surface area (Å²) in [4.78, 5) is 32.6. The molecular weight excluding hydrogens is 522 g/mol. The van der Waals surface area contributed by atoms with Crippen molar-refractivity contribution in [2.75, 3.05) is 37.1 Å². The summed E-state index contributed by atoms with van der Waals surface area (Å²) >= 11 is 1.35. The molecule has 210 valence electrons. The Morgan fingerprint density at radius 1 is 1.29 bits per heavy atom. The van der Waals surface area contributed by atoms with Crippen molar-refractivity contribution in [3.8, 4) is 0 Å². The highest BCUT2D eigenvalue weighted by Crippen LogP contribution is 2.34. The second kappa shape index (κ2) is 14.5. The normalized spacial score (nSPS) is 12.1. The van der Waals surface area contributed by atoms with Crippen LogP contribution in [0.1, 0.15) is 37.6 Å². The molecule has 1 aromatic heterocycles. The topological polar surface area (TPSA) is 141 Å². The van der Waals surface area contributed by atoms with Crippen LogP contribution in [0.15, 0.2) is 28.8 Å². The first-order chi connectivity index (χ1) is 17.9. The molecule has 2 rings (SSSR count). The lowest BCUT2D eigenvalue weighted by Crippen LogP contribution is -2.40. The van der Waals surface area contributed by atoms with Crippen molar-refractivity contribution < 1.29 is 24.5 Å². The van der Waals surface area contributed by atoms with Crippen molar-refractivity contribution in [3.63, 3.8) is 0 Å². The number of carboxylic acids is 1. The van der Waals surface area contributed by atoms with Gasteiger partial charge in [-0.3, -0.25) is 9.69 Å². The number of aryl methyl sites for hydroxylation is 1. The van der Waals surface area contributed by atoms with Crippen LogP contribution >= 0.6 is 11.8 Å². The number of benzene rings is 1. The summed E-state index contributed by atoms with van der Waals surface area (Å²) in [6.07, 6.45) is 2.23. The van der Waals surface area contributed by atoms with Crippen molar-refractivity contribution in [3.05, 3.63) is 29.5 Å². The molecule has 1 aromatic carbocycles. The van der Waals surface area contributed by atoms with Crippen LogP contribution in [0.25, 0.3) is 11.0 Å². The van der Waals surface area contributed by atoms with Crippen molar-refractivity contribution in [2.24, 2.45) is 0 Å². The van der Waals surface area contributed by atoms with Gasteiger partial charge in [-0.05, 0) is 44.5 Å². The van der Waals surface area contributed by atoms with Crippen molar-refractivity contribution in [2.45, 2.75) is 64.3 Å². The zero-order valence-electron chi connectivity index (χ0n) is 23.3. The first-order valence-electron chi connectivity index (χ1n) is 12.8. The van der Waals surface area contributed by atoms with Gasteiger partial charge in [0, 0.05) is 44.1 Å². The van der Waals surface area contributed by atoms with E-state index < -0.39 is 14.0 Å². The molecular formula is C26H41N5O5SSi. The van der Waals surface area contributed by atoms with E-state index in [0.29, 0.717) is 47.3 Å². The average molecular weight is 564 g/mol. The van der Waals surface area contributed by atoms with Gasteiger partial charge in [0.25, 0.3) is 5.91 Å². The quantitative estimate of drug-likeness (QED) is 0.0588. The molecule has 0 radical (unpaired) electrons. The molecule has 0 aliphatic heterocycles. The number of aromatic carboxylic acids is 1. The Balaban J connectivity index is 2.72. The van der Waals surface area contributed by atoms with Crippen LogP contribution in [0.3, 0.4) is 0 Å². The number of ether oxygens (including phenoxy) is 1. The molecule has 0 aliphatic carbocycles. The minimum absolute atomic E-state index is 0.0406. The monoisotopic (exact) mass is 563 g/mol. The number of aromatic nitrogens is 2. The summed E-state index contributed by atoms with van der Waals surface area (Å²) in [6.45, 7) is 13.7. The molecule has 2 aromatic rings. The number of rotatable bonds is 16. The second-order valence-electron chi connectivity index (χ2n) is 10.1.